The second-order valence-corrected chi connectivity index (χ2v) is 7.91. The van der Waals surface area contributed by atoms with Crippen LogP contribution >= 0.6 is 0 Å². The van der Waals surface area contributed by atoms with Gasteiger partial charge in [0.2, 0.25) is 0 Å². The fraction of sp³-hybridized carbons (Fsp3) is 0.185. The minimum Gasteiger partial charge on any atom is -0.320 e. The van der Waals surface area contributed by atoms with Crippen LogP contribution in [0.15, 0.2) is 73.6 Å². The highest BCUT2D eigenvalue weighted by Crippen LogP contribution is 2.38. The Kier molecular flexibility index (Phi) is 5.37. The van der Waals surface area contributed by atoms with Crippen molar-refractivity contribution in [2.24, 2.45) is 0 Å². The van der Waals surface area contributed by atoms with Gasteiger partial charge in [0.25, 0.3) is 0 Å². The molecule has 0 unspecified atom stereocenters. The number of rotatable bonds is 5. The molecule has 0 aliphatic rings. The second kappa shape index (κ2) is 8.11. The molecule has 0 saturated carbocycles. The molecular weight excluding hydrogens is 366 g/mol. The summed E-state index contributed by atoms with van der Waals surface area (Å²) in [7, 11) is 0. The fourth-order valence-electron chi connectivity index (χ4n) is 4.20. The van der Waals surface area contributed by atoms with Crippen LogP contribution in [0.1, 0.15) is 22.3 Å². The lowest BCUT2D eigenvalue weighted by Crippen LogP contribution is -2.03. The van der Waals surface area contributed by atoms with E-state index in [1.165, 1.54) is 27.8 Å². The first-order valence-electron chi connectivity index (χ1n) is 10.3. The summed E-state index contributed by atoms with van der Waals surface area (Å²) in [6.07, 6.45) is 5.59. The van der Waals surface area contributed by atoms with Gasteiger partial charge in [0.05, 0.1) is 11.4 Å². The first kappa shape index (κ1) is 19.8. The standard InChI is InChI=1S/C27H27N3/c1-6-15-30-26(23-9-7-18(2)8-10-23)25(22-11-13-28-14-12-22)29-27(30)24-20(4)16-19(3)17-21(24)5/h6-14,16-17H,1,15H2,2-5H3. The molecule has 2 aromatic heterocycles. The van der Waals surface area contributed by atoms with Crippen LogP contribution in [-0.4, -0.2) is 14.5 Å². The summed E-state index contributed by atoms with van der Waals surface area (Å²) in [6.45, 7) is 13.3. The number of benzene rings is 2. The van der Waals surface area contributed by atoms with E-state index in [1.54, 1.807) is 0 Å². The maximum atomic E-state index is 5.21. The average molecular weight is 394 g/mol. The van der Waals surface area contributed by atoms with Crippen LogP contribution < -0.4 is 0 Å². The van der Waals surface area contributed by atoms with E-state index < -0.39 is 0 Å². The first-order chi connectivity index (χ1) is 14.5. The topological polar surface area (TPSA) is 30.7 Å². The lowest BCUT2D eigenvalue weighted by molar-refractivity contribution is 0.838. The van der Waals surface area contributed by atoms with E-state index in [4.69, 9.17) is 4.98 Å². The SMILES string of the molecule is C=CCn1c(-c2c(C)cc(C)cc2C)nc(-c2ccncc2)c1-c1ccc(C)cc1. The molecule has 2 aromatic carbocycles. The molecule has 150 valence electrons. The molecule has 0 amide bonds. The minimum atomic E-state index is 0.684. The lowest BCUT2D eigenvalue weighted by Gasteiger charge is -2.15. The molecule has 0 aliphatic carbocycles. The van der Waals surface area contributed by atoms with Gasteiger partial charge in [-0.1, -0.05) is 53.6 Å². The third-order valence-corrected chi connectivity index (χ3v) is 5.46. The third kappa shape index (κ3) is 3.59. The van der Waals surface area contributed by atoms with Gasteiger partial charge < -0.3 is 4.57 Å². The Morgan fingerprint density at radius 3 is 2.07 bits per heavy atom. The number of aryl methyl sites for hydroxylation is 4. The highest BCUT2D eigenvalue weighted by Gasteiger charge is 2.22. The summed E-state index contributed by atoms with van der Waals surface area (Å²) >= 11 is 0. The van der Waals surface area contributed by atoms with Crippen molar-refractivity contribution in [3.05, 3.63) is 95.8 Å². The molecule has 3 nitrogen and oxygen atoms in total. The summed E-state index contributed by atoms with van der Waals surface area (Å²) < 4.78 is 2.29. The molecule has 0 N–H and O–H groups in total. The van der Waals surface area contributed by atoms with Gasteiger partial charge in [-0.3, -0.25) is 4.98 Å². The Balaban J connectivity index is 2.08. The van der Waals surface area contributed by atoms with Crippen molar-refractivity contribution >= 4 is 0 Å². The van der Waals surface area contributed by atoms with Gasteiger partial charge in [-0.25, -0.2) is 4.98 Å². The zero-order chi connectivity index (χ0) is 21.3. The van der Waals surface area contributed by atoms with E-state index in [0.29, 0.717) is 6.54 Å². The minimum absolute atomic E-state index is 0.684. The fourth-order valence-corrected chi connectivity index (χ4v) is 4.20. The first-order valence-corrected chi connectivity index (χ1v) is 10.3. The highest BCUT2D eigenvalue weighted by atomic mass is 15.1. The van der Waals surface area contributed by atoms with Crippen LogP contribution in [-0.2, 0) is 6.54 Å². The summed E-state index contributed by atoms with van der Waals surface area (Å²) in [5, 5.41) is 0. The van der Waals surface area contributed by atoms with E-state index in [0.717, 1.165) is 28.3 Å². The van der Waals surface area contributed by atoms with Gasteiger partial charge in [-0.05, 0) is 51.0 Å². The molecule has 2 heterocycles. The van der Waals surface area contributed by atoms with E-state index in [1.807, 2.05) is 30.6 Å². The number of hydrogen-bond acceptors (Lipinski definition) is 2. The Labute approximate surface area is 178 Å². The van der Waals surface area contributed by atoms with Gasteiger partial charge in [0.15, 0.2) is 0 Å². The smallest absolute Gasteiger partial charge is 0.141 e. The molecule has 0 aliphatic heterocycles. The van der Waals surface area contributed by atoms with Crippen molar-refractivity contribution in [3.8, 4) is 33.9 Å². The lowest BCUT2D eigenvalue weighted by atomic mass is 9.99. The monoisotopic (exact) mass is 393 g/mol. The van der Waals surface area contributed by atoms with E-state index in [9.17, 15) is 0 Å². The molecule has 0 saturated heterocycles. The molecule has 4 aromatic rings. The predicted molar refractivity (Wildman–Crippen MR) is 125 cm³/mol. The van der Waals surface area contributed by atoms with Crippen molar-refractivity contribution in [2.45, 2.75) is 34.2 Å². The zero-order valence-corrected chi connectivity index (χ0v) is 18.1. The summed E-state index contributed by atoms with van der Waals surface area (Å²) in [4.78, 5) is 9.40. The summed E-state index contributed by atoms with van der Waals surface area (Å²) in [5.41, 5.74) is 10.5. The van der Waals surface area contributed by atoms with Gasteiger partial charge in [-0.15, -0.1) is 6.58 Å². The van der Waals surface area contributed by atoms with E-state index >= 15 is 0 Å². The molecule has 30 heavy (non-hydrogen) atoms. The molecule has 0 bridgehead atoms. The second-order valence-electron chi connectivity index (χ2n) is 7.91. The van der Waals surface area contributed by atoms with Gasteiger partial charge >= 0.3 is 0 Å². The quantitative estimate of drug-likeness (QED) is 0.353. The number of pyridine rings is 1. The Bertz CT molecular complexity index is 1180. The van der Waals surface area contributed by atoms with Crippen LogP contribution in [0.4, 0.5) is 0 Å². The van der Waals surface area contributed by atoms with E-state index in [-0.39, 0.29) is 0 Å². The van der Waals surface area contributed by atoms with Gasteiger partial charge in [-0.2, -0.15) is 0 Å². The molecule has 0 fully saturated rings. The molecular formula is C27H27N3. The molecule has 0 atom stereocenters. The van der Waals surface area contributed by atoms with Crippen LogP contribution in [0.2, 0.25) is 0 Å². The van der Waals surface area contributed by atoms with E-state index in [2.05, 4.69) is 80.2 Å². The number of imidazole rings is 1. The number of aromatic nitrogens is 3. The molecule has 3 heteroatoms. The van der Waals surface area contributed by atoms with Crippen molar-refractivity contribution in [1.82, 2.24) is 14.5 Å². The van der Waals surface area contributed by atoms with Crippen molar-refractivity contribution in [3.63, 3.8) is 0 Å². The van der Waals surface area contributed by atoms with Crippen molar-refractivity contribution in [2.75, 3.05) is 0 Å². The Hall–Kier alpha value is -3.46. The largest absolute Gasteiger partial charge is 0.320 e. The molecule has 4 rings (SSSR count). The van der Waals surface area contributed by atoms with Gasteiger partial charge in [0, 0.05) is 35.6 Å². The number of allylic oxidation sites excluding steroid dienone is 1. The highest BCUT2D eigenvalue weighted by molar-refractivity contribution is 5.83. The predicted octanol–water partition coefficient (Wildman–Crippen LogP) is 6.70. The summed E-state index contributed by atoms with van der Waals surface area (Å²) in [5.74, 6) is 0.979. The van der Waals surface area contributed by atoms with Gasteiger partial charge in [0.1, 0.15) is 5.82 Å². The zero-order valence-electron chi connectivity index (χ0n) is 18.1. The molecule has 0 spiro atoms. The van der Waals surface area contributed by atoms with Crippen molar-refractivity contribution in [1.29, 1.82) is 0 Å². The average Bonchev–Trinajstić information content (AvgIpc) is 3.08. The normalized spacial score (nSPS) is 10.9. The van der Waals surface area contributed by atoms with Crippen LogP contribution in [0, 0.1) is 27.7 Å². The Morgan fingerprint density at radius 2 is 1.47 bits per heavy atom. The number of nitrogens with zero attached hydrogens (tertiary/aromatic N) is 3. The summed E-state index contributed by atoms with van der Waals surface area (Å²) in [6, 6.07) is 17.2. The van der Waals surface area contributed by atoms with Crippen LogP contribution in [0.25, 0.3) is 33.9 Å². The number of hydrogen-bond donors (Lipinski definition) is 0. The third-order valence-electron chi connectivity index (χ3n) is 5.46. The Morgan fingerprint density at radius 1 is 0.833 bits per heavy atom. The van der Waals surface area contributed by atoms with Crippen molar-refractivity contribution < 1.29 is 0 Å². The maximum Gasteiger partial charge on any atom is 0.141 e. The maximum absolute atomic E-state index is 5.21. The van der Waals surface area contributed by atoms with Crippen LogP contribution in [0.3, 0.4) is 0 Å². The molecule has 0 radical (unpaired) electrons. The van der Waals surface area contributed by atoms with Crippen LogP contribution in [0.5, 0.6) is 0 Å².